The van der Waals surface area contributed by atoms with Crippen molar-refractivity contribution in [3.8, 4) is 5.75 Å². The van der Waals surface area contributed by atoms with Crippen molar-refractivity contribution in [2.75, 3.05) is 0 Å². The molecule has 0 saturated heterocycles. The number of hydrogen-bond acceptors (Lipinski definition) is 2. The van der Waals surface area contributed by atoms with Crippen LogP contribution >= 0.6 is 0 Å². The van der Waals surface area contributed by atoms with Crippen molar-refractivity contribution in [1.29, 1.82) is 0 Å². The molecule has 1 rings (SSSR count). The van der Waals surface area contributed by atoms with Crippen LogP contribution in [0.4, 0.5) is 4.79 Å². The third-order valence-electron chi connectivity index (χ3n) is 3.13. The number of carbonyl (C=O) groups is 1. The molecule has 0 saturated carbocycles. The molecule has 1 atom stereocenters. The highest BCUT2D eigenvalue weighted by atomic mass is 16.7. The van der Waals surface area contributed by atoms with Gasteiger partial charge in [-0.25, -0.2) is 4.79 Å². The summed E-state index contributed by atoms with van der Waals surface area (Å²) in [5.41, 5.74) is 1.80. The fraction of sp³-hybridized carbons (Fsp3) is 0.438. The van der Waals surface area contributed by atoms with Gasteiger partial charge in [-0.3, -0.25) is 0 Å². The van der Waals surface area contributed by atoms with E-state index in [1.54, 1.807) is 12.1 Å². The van der Waals surface area contributed by atoms with E-state index < -0.39 is 6.16 Å². The van der Waals surface area contributed by atoms with Gasteiger partial charge in [0.15, 0.2) is 0 Å². The van der Waals surface area contributed by atoms with Gasteiger partial charge in [-0.1, -0.05) is 57.9 Å². The summed E-state index contributed by atoms with van der Waals surface area (Å²) in [5, 5.41) is 8.72. The molecular weight excluding hydrogens is 240 g/mol. The van der Waals surface area contributed by atoms with Crippen molar-refractivity contribution in [2.24, 2.45) is 5.92 Å². The number of hydrogen-bond donors (Lipinski definition) is 1. The largest absolute Gasteiger partial charge is 0.511 e. The standard InChI is InChI=1S/C16H22O3/c1-4-6-7-12(3)10-13-8-9-14(5-2)15(11-13)19-16(17)18/h5,8-9,11-12H,2,4,6-7,10H2,1,3H3,(H,17,18). The summed E-state index contributed by atoms with van der Waals surface area (Å²) in [5.74, 6) is 0.954. The third kappa shape index (κ3) is 5.16. The smallest absolute Gasteiger partial charge is 0.449 e. The van der Waals surface area contributed by atoms with Gasteiger partial charge in [-0.15, -0.1) is 0 Å². The van der Waals surface area contributed by atoms with Gasteiger partial charge in [0.25, 0.3) is 0 Å². The zero-order chi connectivity index (χ0) is 14.3. The molecule has 1 aromatic carbocycles. The van der Waals surface area contributed by atoms with Crippen LogP contribution in [0.25, 0.3) is 6.08 Å². The van der Waals surface area contributed by atoms with E-state index in [1.807, 2.05) is 12.1 Å². The Hall–Kier alpha value is -1.77. The SMILES string of the molecule is C=Cc1ccc(CC(C)CCCC)cc1OC(=O)O. The molecule has 1 unspecified atom stereocenters. The Kier molecular flexibility index (Phi) is 6.13. The van der Waals surface area contributed by atoms with Crippen molar-refractivity contribution in [3.05, 3.63) is 35.9 Å². The lowest BCUT2D eigenvalue weighted by molar-refractivity contribution is 0.144. The Morgan fingerprint density at radius 2 is 2.26 bits per heavy atom. The molecule has 0 heterocycles. The predicted octanol–water partition coefficient (Wildman–Crippen LogP) is 4.76. The average Bonchev–Trinajstić information content (AvgIpc) is 2.36. The van der Waals surface area contributed by atoms with Gasteiger partial charge in [-0.2, -0.15) is 0 Å². The zero-order valence-corrected chi connectivity index (χ0v) is 11.7. The summed E-state index contributed by atoms with van der Waals surface area (Å²) >= 11 is 0. The molecular formula is C16H22O3. The zero-order valence-electron chi connectivity index (χ0n) is 11.7. The van der Waals surface area contributed by atoms with Crippen molar-refractivity contribution < 1.29 is 14.6 Å². The molecule has 1 N–H and O–H groups in total. The van der Waals surface area contributed by atoms with E-state index in [2.05, 4.69) is 20.4 Å². The van der Waals surface area contributed by atoms with Crippen LogP contribution in [0.2, 0.25) is 0 Å². The Morgan fingerprint density at radius 3 is 2.84 bits per heavy atom. The summed E-state index contributed by atoms with van der Waals surface area (Å²) in [6.45, 7) is 8.06. The fourth-order valence-electron chi connectivity index (χ4n) is 2.11. The van der Waals surface area contributed by atoms with Gasteiger partial charge in [0.2, 0.25) is 0 Å². The second kappa shape index (κ2) is 7.62. The van der Waals surface area contributed by atoms with Crippen molar-refractivity contribution in [1.82, 2.24) is 0 Å². The molecule has 0 aliphatic carbocycles. The molecule has 0 fully saturated rings. The van der Waals surface area contributed by atoms with E-state index in [0.717, 1.165) is 12.0 Å². The van der Waals surface area contributed by atoms with Crippen LogP contribution in [0.5, 0.6) is 5.75 Å². The van der Waals surface area contributed by atoms with Gasteiger partial charge < -0.3 is 9.84 Å². The van der Waals surface area contributed by atoms with Gasteiger partial charge in [0.05, 0.1) is 0 Å². The monoisotopic (exact) mass is 262 g/mol. The van der Waals surface area contributed by atoms with E-state index in [4.69, 9.17) is 9.84 Å². The van der Waals surface area contributed by atoms with E-state index >= 15 is 0 Å². The minimum Gasteiger partial charge on any atom is -0.449 e. The highest BCUT2D eigenvalue weighted by Gasteiger charge is 2.09. The first-order chi connectivity index (χ1) is 9.06. The molecule has 0 amide bonds. The van der Waals surface area contributed by atoms with Crippen molar-refractivity contribution >= 4 is 12.2 Å². The minimum absolute atomic E-state index is 0.364. The second-order valence-corrected chi connectivity index (χ2v) is 4.90. The minimum atomic E-state index is -1.29. The first-order valence-electron chi connectivity index (χ1n) is 6.73. The summed E-state index contributed by atoms with van der Waals surface area (Å²) in [6, 6.07) is 5.66. The number of benzene rings is 1. The molecule has 1 aromatic rings. The van der Waals surface area contributed by atoms with E-state index in [-0.39, 0.29) is 0 Å². The Morgan fingerprint density at radius 1 is 1.53 bits per heavy atom. The summed E-state index contributed by atoms with van der Waals surface area (Å²) < 4.78 is 4.79. The maximum absolute atomic E-state index is 10.7. The molecule has 3 nitrogen and oxygen atoms in total. The molecule has 0 aliphatic rings. The maximum Gasteiger partial charge on any atom is 0.511 e. The Labute approximate surface area is 114 Å². The number of unbranched alkanes of at least 4 members (excludes halogenated alkanes) is 1. The molecule has 0 aromatic heterocycles. The van der Waals surface area contributed by atoms with E-state index in [9.17, 15) is 4.79 Å². The Bertz CT molecular complexity index is 438. The van der Waals surface area contributed by atoms with E-state index in [0.29, 0.717) is 17.2 Å². The quantitative estimate of drug-likeness (QED) is 0.569. The number of ether oxygens (including phenoxy) is 1. The molecule has 0 spiro atoms. The fourth-order valence-corrected chi connectivity index (χ4v) is 2.11. The topological polar surface area (TPSA) is 46.5 Å². The highest BCUT2D eigenvalue weighted by Crippen LogP contribution is 2.24. The highest BCUT2D eigenvalue weighted by molar-refractivity contribution is 5.66. The number of rotatable bonds is 7. The van der Waals surface area contributed by atoms with E-state index in [1.165, 1.54) is 19.3 Å². The summed E-state index contributed by atoms with van der Waals surface area (Å²) in [6.07, 6.45) is 4.86. The number of carboxylic acid groups (broad SMARTS) is 1. The first kappa shape index (κ1) is 15.3. The van der Waals surface area contributed by atoms with Crippen LogP contribution in [0.3, 0.4) is 0 Å². The van der Waals surface area contributed by atoms with Crippen LogP contribution in [-0.4, -0.2) is 11.3 Å². The summed E-state index contributed by atoms with van der Waals surface area (Å²) in [4.78, 5) is 10.7. The summed E-state index contributed by atoms with van der Waals surface area (Å²) in [7, 11) is 0. The van der Waals surface area contributed by atoms with Crippen LogP contribution in [0, 0.1) is 5.92 Å². The lowest BCUT2D eigenvalue weighted by Gasteiger charge is -2.12. The van der Waals surface area contributed by atoms with Gasteiger partial charge >= 0.3 is 6.16 Å². The molecule has 104 valence electrons. The first-order valence-corrected chi connectivity index (χ1v) is 6.73. The third-order valence-corrected chi connectivity index (χ3v) is 3.13. The lowest BCUT2D eigenvalue weighted by Crippen LogP contribution is -2.06. The van der Waals surface area contributed by atoms with Crippen LogP contribution < -0.4 is 4.74 Å². The van der Waals surface area contributed by atoms with Crippen LogP contribution in [0.15, 0.2) is 24.8 Å². The van der Waals surface area contributed by atoms with Crippen LogP contribution in [-0.2, 0) is 6.42 Å². The molecule has 3 heteroatoms. The molecule has 0 aliphatic heterocycles. The predicted molar refractivity (Wildman–Crippen MR) is 77.6 cm³/mol. The van der Waals surface area contributed by atoms with Gasteiger partial charge in [0.1, 0.15) is 5.75 Å². The van der Waals surface area contributed by atoms with Crippen molar-refractivity contribution in [3.63, 3.8) is 0 Å². The lowest BCUT2D eigenvalue weighted by atomic mass is 9.95. The molecule has 0 bridgehead atoms. The average molecular weight is 262 g/mol. The van der Waals surface area contributed by atoms with Gasteiger partial charge in [-0.05, 0) is 24.0 Å². The normalized spacial score (nSPS) is 11.9. The maximum atomic E-state index is 10.7. The van der Waals surface area contributed by atoms with Gasteiger partial charge in [0, 0.05) is 5.56 Å². The Balaban J connectivity index is 2.79. The van der Waals surface area contributed by atoms with Crippen LogP contribution in [0.1, 0.15) is 44.2 Å². The molecule has 19 heavy (non-hydrogen) atoms. The van der Waals surface area contributed by atoms with Crippen molar-refractivity contribution in [2.45, 2.75) is 39.5 Å². The molecule has 0 radical (unpaired) electrons. The second-order valence-electron chi connectivity index (χ2n) is 4.90.